The Labute approximate surface area is 249 Å². The average molecular weight is 613 g/mol. The Balaban J connectivity index is 0.000000226. The van der Waals surface area contributed by atoms with Gasteiger partial charge in [-0.3, -0.25) is 9.97 Å². The molecule has 0 amide bonds. The summed E-state index contributed by atoms with van der Waals surface area (Å²) < 4.78 is 0.829. The van der Waals surface area contributed by atoms with Gasteiger partial charge in [0.25, 0.3) is 0 Å². The Morgan fingerprint density at radius 2 is 1.10 bits per heavy atom. The first-order valence-corrected chi connectivity index (χ1v) is 13.7. The Kier molecular flexibility index (Phi) is 9.28. The minimum atomic E-state index is 0.0563. The molecule has 0 saturated heterocycles. The Bertz CT molecular complexity index is 1730. The zero-order chi connectivity index (χ0) is 30.5. The molecule has 210 valence electrons. The first kappa shape index (κ1) is 30.9. The summed E-state index contributed by atoms with van der Waals surface area (Å²) in [4.78, 5) is 8.56. The molecule has 0 bridgehead atoms. The lowest BCUT2D eigenvalue weighted by atomic mass is 9.96. The van der Waals surface area contributed by atoms with E-state index in [0.29, 0.717) is 51.2 Å². The van der Waals surface area contributed by atoms with Crippen LogP contribution in [-0.4, -0.2) is 23.1 Å². The van der Waals surface area contributed by atoms with E-state index < -0.39 is 0 Å². The standard InChI is InChI=1S/C16H17N5.C15H17BrN4/c1-16(2,3)9-21-15-11(7-18)8-20-14-10(6-17)4-12(19)5-13(14)15;1-15(2,3)8-20-13-9(6-17)7-19-14-11(13)4-10(18)5-12(14)16/h4-5,8H,9,19H2,1-3H3,(H,20,21);4-5,7H,8,18H2,1-3H3,(H,19,20). The summed E-state index contributed by atoms with van der Waals surface area (Å²) in [5.74, 6) is 0. The highest BCUT2D eigenvalue weighted by atomic mass is 79.9. The van der Waals surface area contributed by atoms with Gasteiger partial charge in [0.15, 0.2) is 0 Å². The van der Waals surface area contributed by atoms with Gasteiger partial charge in [-0.05, 0) is 51.0 Å². The molecule has 2 aromatic heterocycles. The highest BCUT2D eigenvalue weighted by Gasteiger charge is 2.17. The first-order chi connectivity index (χ1) is 19.2. The van der Waals surface area contributed by atoms with Crippen molar-refractivity contribution in [2.75, 3.05) is 35.2 Å². The molecule has 0 fully saturated rings. The zero-order valence-electron chi connectivity index (χ0n) is 24.1. The molecule has 0 radical (unpaired) electrons. The smallest absolute Gasteiger partial charge is 0.103 e. The number of anilines is 4. The molecule has 0 aliphatic rings. The van der Waals surface area contributed by atoms with Gasteiger partial charge in [0.1, 0.15) is 18.2 Å². The molecule has 6 N–H and O–H groups in total. The molecule has 0 saturated carbocycles. The molecule has 0 aliphatic carbocycles. The molecular weight excluding hydrogens is 578 g/mol. The van der Waals surface area contributed by atoms with E-state index in [1.54, 1.807) is 18.3 Å². The summed E-state index contributed by atoms with van der Waals surface area (Å²) in [7, 11) is 0. The average Bonchev–Trinajstić information content (AvgIpc) is 2.88. The van der Waals surface area contributed by atoms with E-state index in [9.17, 15) is 15.8 Å². The van der Waals surface area contributed by atoms with Crippen molar-refractivity contribution in [3.05, 3.63) is 57.8 Å². The van der Waals surface area contributed by atoms with Crippen LogP contribution in [0, 0.1) is 44.8 Å². The Morgan fingerprint density at radius 3 is 1.54 bits per heavy atom. The van der Waals surface area contributed by atoms with Gasteiger partial charge in [0.2, 0.25) is 0 Å². The number of nitrogens with two attached hydrogens (primary N) is 2. The fourth-order valence-electron chi connectivity index (χ4n) is 3.95. The number of hydrogen-bond acceptors (Lipinski definition) is 9. The number of hydrogen-bond donors (Lipinski definition) is 4. The van der Waals surface area contributed by atoms with E-state index in [2.05, 4.69) is 96.3 Å². The van der Waals surface area contributed by atoms with Crippen LogP contribution in [0.15, 0.2) is 41.1 Å². The van der Waals surface area contributed by atoms with Gasteiger partial charge in [0, 0.05) is 52.1 Å². The molecule has 2 aromatic carbocycles. The van der Waals surface area contributed by atoms with Crippen molar-refractivity contribution in [2.45, 2.75) is 41.5 Å². The SMILES string of the molecule is CC(C)(C)CNc1c(C#N)cnc2c(Br)cc(N)cc12.CC(C)(C)CNc1c(C#N)cnc2c(C#N)cc(N)cc12. The zero-order valence-corrected chi connectivity index (χ0v) is 25.7. The van der Waals surface area contributed by atoms with E-state index in [0.717, 1.165) is 27.6 Å². The molecule has 0 unspecified atom stereocenters. The van der Waals surface area contributed by atoms with Crippen molar-refractivity contribution in [3.63, 3.8) is 0 Å². The van der Waals surface area contributed by atoms with E-state index in [1.807, 2.05) is 12.1 Å². The molecule has 2 heterocycles. The number of nitrogen functional groups attached to an aromatic ring is 2. The molecular formula is C31H34BrN9. The predicted molar refractivity (Wildman–Crippen MR) is 170 cm³/mol. The normalized spacial score (nSPS) is 11.1. The fourth-order valence-corrected chi connectivity index (χ4v) is 4.53. The summed E-state index contributed by atoms with van der Waals surface area (Å²) in [6.45, 7) is 14.2. The second kappa shape index (κ2) is 12.3. The van der Waals surface area contributed by atoms with Gasteiger partial charge in [-0.15, -0.1) is 0 Å². The number of nitrogens with zero attached hydrogens (tertiary/aromatic N) is 5. The Hall–Kier alpha value is -4.59. The molecule has 4 rings (SSSR count). The minimum Gasteiger partial charge on any atom is -0.399 e. The van der Waals surface area contributed by atoms with Crippen LogP contribution in [0.2, 0.25) is 0 Å². The lowest BCUT2D eigenvalue weighted by molar-refractivity contribution is 0.443. The second-order valence-electron chi connectivity index (χ2n) is 12.1. The maximum Gasteiger partial charge on any atom is 0.103 e. The lowest BCUT2D eigenvalue weighted by Crippen LogP contribution is -2.19. The van der Waals surface area contributed by atoms with Crippen molar-refractivity contribution in [1.29, 1.82) is 15.8 Å². The van der Waals surface area contributed by atoms with Crippen molar-refractivity contribution in [3.8, 4) is 18.2 Å². The van der Waals surface area contributed by atoms with Crippen LogP contribution in [0.3, 0.4) is 0 Å². The third-order valence-corrected chi connectivity index (χ3v) is 6.50. The van der Waals surface area contributed by atoms with E-state index in [1.165, 1.54) is 6.20 Å². The van der Waals surface area contributed by atoms with Gasteiger partial charge < -0.3 is 22.1 Å². The molecule has 4 aromatic rings. The summed E-state index contributed by atoms with van der Waals surface area (Å²) in [6, 6.07) is 13.4. The summed E-state index contributed by atoms with van der Waals surface area (Å²) in [5, 5.41) is 36.0. The monoisotopic (exact) mass is 611 g/mol. The van der Waals surface area contributed by atoms with Crippen LogP contribution in [0.5, 0.6) is 0 Å². The maximum atomic E-state index is 9.28. The number of halogens is 1. The maximum absolute atomic E-state index is 9.28. The van der Waals surface area contributed by atoms with Gasteiger partial charge in [0.05, 0.1) is 39.1 Å². The van der Waals surface area contributed by atoms with E-state index >= 15 is 0 Å². The van der Waals surface area contributed by atoms with E-state index in [-0.39, 0.29) is 10.8 Å². The van der Waals surface area contributed by atoms with Crippen LogP contribution < -0.4 is 22.1 Å². The van der Waals surface area contributed by atoms with Crippen molar-refractivity contribution >= 4 is 60.5 Å². The van der Waals surface area contributed by atoms with Crippen LogP contribution >= 0.6 is 15.9 Å². The number of nitriles is 3. The molecule has 0 aliphatic heterocycles. The fraction of sp³-hybridized carbons (Fsp3) is 0.323. The predicted octanol–water partition coefficient (Wildman–Crippen LogP) is 6.93. The van der Waals surface area contributed by atoms with Crippen molar-refractivity contribution in [2.24, 2.45) is 10.8 Å². The quantitative estimate of drug-likeness (QED) is 0.178. The molecule has 9 nitrogen and oxygen atoms in total. The van der Waals surface area contributed by atoms with Crippen LogP contribution in [0.1, 0.15) is 58.2 Å². The lowest BCUT2D eigenvalue weighted by Gasteiger charge is -2.21. The summed E-state index contributed by atoms with van der Waals surface area (Å²) >= 11 is 3.47. The number of benzene rings is 2. The first-order valence-electron chi connectivity index (χ1n) is 13.0. The third kappa shape index (κ3) is 7.75. The van der Waals surface area contributed by atoms with Gasteiger partial charge in [-0.1, -0.05) is 41.5 Å². The van der Waals surface area contributed by atoms with Crippen molar-refractivity contribution in [1.82, 2.24) is 9.97 Å². The van der Waals surface area contributed by atoms with Gasteiger partial charge >= 0.3 is 0 Å². The third-order valence-electron chi connectivity index (χ3n) is 5.89. The van der Waals surface area contributed by atoms with Crippen LogP contribution in [0.4, 0.5) is 22.7 Å². The summed E-state index contributed by atoms with van der Waals surface area (Å²) in [5.41, 5.74) is 17.3. The molecule has 41 heavy (non-hydrogen) atoms. The second-order valence-corrected chi connectivity index (χ2v) is 13.0. The molecule has 10 heteroatoms. The number of fused-ring (bicyclic) bond motifs is 2. The van der Waals surface area contributed by atoms with E-state index in [4.69, 9.17) is 11.5 Å². The molecule has 0 spiro atoms. The van der Waals surface area contributed by atoms with Gasteiger partial charge in [-0.2, -0.15) is 15.8 Å². The van der Waals surface area contributed by atoms with Gasteiger partial charge in [-0.25, -0.2) is 0 Å². The van der Waals surface area contributed by atoms with Crippen LogP contribution in [-0.2, 0) is 0 Å². The Morgan fingerprint density at radius 1 is 0.683 bits per heavy atom. The summed E-state index contributed by atoms with van der Waals surface area (Å²) in [6.07, 6.45) is 3.08. The highest BCUT2D eigenvalue weighted by Crippen LogP contribution is 2.33. The highest BCUT2D eigenvalue weighted by molar-refractivity contribution is 9.10. The topological polar surface area (TPSA) is 173 Å². The molecule has 0 atom stereocenters. The van der Waals surface area contributed by atoms with Crippen LogP contribution in [0.25, 0.3) is 21.8 Å². The van der Waals surface area contributed by atoms with Crippen molar-refractivity contribution < 1.29 is 0 Å². The minimum absolute atomic E-state index is 0.0563. The number of nitrogens with one attached hydrogen (secondary N) is 2. The number of aromatic nitrogens is 2. The largest absolute Gasteiger partial charge is 0.399 e. The number of pyridine rings is 2. The number of rotatable bonds is 4.